The zero-order valence-electron chi connectivity index (χ0n) is 5.40. The minimum atomic E-state index is -0.810. The van der Waals surface area contributed by atoms with Crippen LogP contribution in [0.25, 0.3) is 0 Å². The molecule has 1 saturated heterocycles. The second kappa shape index (κ2) is 4.25. The maximum Gasteiger partial charge on any atom is 0.0986 e. The summed E-state index contributed by atoms with van der Waals surface area (Å²) in [6.07, 6.45) is -1.53. The average Bonchev–Trinajstić information content (AvgIpc) is 2.15. The molecular formula is C5H12BrNO3. The average molecular weight is 214 g/mol. The van der Waals surface area contributed by atoms with Crippen LogP contribution in [0.4, 0.5) is 0 Å². The fraction of sp³-hybridized carbons (Fsp3) is 1.00. The lowest BCUT2D eigenvalue weighted by atomic mass is 10.1. The molecule has 0 saturated carbocycles. The molecule has 0 amide bonds. The van der Waals surface area contributed by atoms with E-state index in [1.165, 1.54) is 0 Å². The van der Waals surface area contributed by atoms with Gasteiger partial charge in [0, 0.05) is 6.54 Å². The highest BCUT2D eigenvalue weighted by molar-refractivity contribution is 8.93. The van der Waals surface area contributed by atoms with E-state index in [9.17, 15) is 0 Å². The van der Waals surface area contributed by atoms with Gasteiger partial charge in [0.15, 0.2) is 0 Å². The zero-order valence-corrected chi connectivity index (χ0v) is 7.11. The molecule has 0 aliphatic carbocycles. The van der Waals surface area contributed by atoms with Crippen molar-refractivity contribution < 1.29 is 15.3 Å². The minimum Gasteiger partial charge on any atom is -0.395 e. The quantitative estimate of drug-likeness (QED) is 0.417. The third kappa shape index (κ3) is 1.90. The van der Waals surface area contributed by atoms with Crippen LogP contribution < -0.4 is 5.32 Å². The van der Waals surface area contributed by atoms with E-state index in [0.29, 0.717) is 6.54 Å². The summed E-state index contributed by atoms with van der Waals surface area (Å²) in [7, 11) is 0. The molecule has 0 spiro atoms. The molecule has 0 bridgehead atoms. The van der Waals surface area contributed by atoms with E-state index in [0.717, 1.165) is 0 Å². The van der Waals surface area contributed by atoms with Crippen LogP contribution in [0.5, 0.6) is 0 Å². The minimum absolute atomic E-state index is 0. The van der Waals surface area contributed by atoms with Crippen molar-refractivity contribution in [2.45, 2.75) is 18.2 Å². The number of rotatable bonds is 1. The Hall–Kier alpha value is 0.320. The predicted molar refractivity (Wildman–Crippen MR) is 41.2 cm³/mol. The van der Waals surface area contributed by atoms with Crippen LogP contribution in [0.15, 0.2) is 0 Å². The van der Waals surface area contributed by atoms with Crippen LogP contribution in [-0.2, 0) is 0 Å². The Morgan fingerprint density at radius 3 is 2.20 bits per heavy atom. The van der Waals surface area contributed by atoms with Crippen molar-refractivity contribution in [3.05, 3.63) is 0 Å². The van der Waals surface area contributed by atoms with Gasteiger partial charge in [0.05, 0.1) is 24.9 Å². The molecule has 0 aromatic rings. The van der Waals surface area contributed by atoms with E-state index >= 15 is 0 Å². The van der Waals surface area contributed by atoms with Crippen molar-refractivity contribution in [3.63, 3.8) is 0 Å². The van der Waals surface area contributed by atoms with E-state index in [4.69, 9.17) is 15.3 Å². The molecule has 1 heterocycles. The Balaban J connectivity index is 0.000000810. The number of halogens is 1. The van der Waals surface area contributed by atoms with Gasteiger partial charge in [0.25, 0.3) is 0 Å². The van der Waals surface area contributed by atoms with Crippen molar-refractivity contribution in [3.8, 4) is 0 Å². The molecule has 1 aliphatic rings. The number of hydrogen-bond donors (Lipinski definition) is 4. The summed E-state index contributed by atoms with van der Waals surface area (Å²) < 4.78 is 0. The molecule has 0 radical (unpaired) electrons. The van der Waals surface area contributed by atoms with Gasteiger partial charge in [0.2, 0.25) is 0 Å². The molecule has 5 heteroatoms. The van der Waals surface area contributed by atoms with Gasteiger partial charge < -0.3 is 20.6 Å². The third-order valence-corrected chi connectivity index (χ3v) is 1.59. The highest BCUT2D eigenvalue weighted by Crippen LogP contribution is 2.05. The summed E-state index contributed by atoms with van der Waals surface area (Å²) in [4.78, 5) is 0. The molecule has 3 atom stereocenters. The van der Waals surface area contributed by atoms with Gasteiger partial charge in [-0.2, -0.15) is 0 Å². The lowest BCUT2D eigenvalue weighted by Crippen LogP contribution is -2.35. The SMILES string of the molecule is Br.OC[C@H]1NC[C@@H](O)[C@@H]1O. The van der Waals surface area contributed by atoms with E-state index in [2.05, 4.69) is 5.32 Å². The molecule has 4 N–H and O–H groups in total. The second-order valence-corrected chi connectivity index (χ2v) is 2.26. The Labute approximate surface area is 69.6 Å². The summed E-state index contributed by atoms with van der Waals surface area (Å²) >= 11 is 0. The van der Waals surface area contributed by atoms with Crippen LogP contribution in [0.3, 0.4) is 0 Å². The zero-order chi connectivity index (χ0) is 6.85. The lowest BCUT2D eigenvalue weighted by molar-refractivity contribution is 0.0295. The molecule has 1 aliphatic heterocycles. The smallest absolute Gasteiger partial charge is 0.0986 e. The first kappa shape index (κ1) is 10.3. The summed E-state index contributed by atoms with van der Waals surface area (Å²) in [6.45, 7) is 0.241. The fourth-order valence-corrected chi connectivity index (χ4v) is 0.954. The maximum atomic E-state index is 8.98. The summed E-state index contributed by atoms with van der Waals surface area (Å²) in [5.74, 6) is 0. The van der Waals surface area contributed by atoms with Crippen molar-refractivity contribution in [1.82, 2.24) is 5.32 Å². The Morgan fingerprint density at radius 2 is 2.00 bits per heavy atom. The van der Waals surface area contributed by atoms with Crippen LogP contribution in [0.1, 0.15) is 0 Å². The summed E-state index contributed by atoms with van der Waals surface area (Å²) in [6, 6.07) is -0.347. The molecule has 0 aromatic carbocycles. The van der Waals surface area contributed by atoms with Crippen molar-refractivity contribution in [2.24, 2.45) is 0 Å². The lowest BCUT2D eigenvalue weighted by Gasteiger charge is -2.11. The van der Waals surface area contributed by atoms with Gasteiger partial charge >= 0.3 is 0 Å². The number of β-amino-alcohol motifs (C(OH)–C–C–N with tert-alkyl or cyclic N) is 1. The molecule has 1 rings (SSSR count). The van der Waals surface area contributed by atoms with Crippen LogP contribution in [0.2, 0.25) is 0 Å². The Morgan fingerprint density at radius 1 is 1.40 bits per heavy atom. The van der Waals surface area contributed by atoms with Crippen molar-refractivity contribution >= 4 is 17.0 Å². The van der Waals surface area contributed by atoms with Gasteiger partial charge in [-0.3, -0.25) is 0 Å². The second-order valence-electron chi connectivity index (χ2n) is 2.26. The van der Waals surface area contributed by atoms with Gasteiger partial charge in [-0.25, -0.2) is 0 Å². The number of aliphatic hydroxyl groups excluding tert-OH is 3. The standard InChI is InChI=1S/C5H11NO3.BrH/c7-2-3-5(9)4(8)1-6-3;/h3-9H,1-2H2;1H/t3-,4-,5-;/m1./s1. The van der Waals surface area contributed by atoms with Crippen LogP contribution in [0, 0.1) is 0 Å². The van der Waals surface area contributed by atoms with E-state index in [-0.39, 0.29) is 29.6 Å². The number of aliphatic hydroxyl groups is 3. The van der Waals surface area contributed by atoms with Crippen LogP contribution >= 0.6 is 17.0 Å². The first-order valence-corrected chi connectivity index (χ1v) is 2.96. The van der Waals surface area contributed by atoms with Gasteiger partial charge in [-0.1, -0.05) is 0 Å². The van der Waals surface area contributed by atoms with E-state index < -0.39 is 12.2 Å². The van der Waals surface area contributed by atoms with Gasteiger partial charge in [-0.05, 0) is 0 Å². The third-order valence-electron chi connectivity index (χ3n) is 1.59. The molecule has 1 fully saturated rings. The molecule has 0 aromatic heterocycles. The van der Waals surface area contributed by atoms with E-state index in [1.54, 1.807) is 0 Å². The normalized spacial score (nSPS) is 39.3. The van der Waals surface area contributed by atoms with E-state index in [1.807, 2.05) is 0 Å². The van der Waals surface area contributed by atoms with Crippen LogP contribution in [-0.4, -0.2) is 46.7 Å². The van der Waals surface area contributed by atoms with Gasteiger partial charge in [-0.15, -0.1) is 17.0 Å². The fourth-order valence-electron chi connectivity index (χ4n) is 0.954. The molecule has 62 valence electrons. The topological polar surface area (TPSA) is 72.7 Å². The van der Waals surface area contributed by atoms with Crippen molar-refractivity contribution in [2.75, 3.05) is 13.2 Å². The monoisotopic (exact) mass is 213 g/mol. The summed E-state index contributed by atoms with van der Waals surface area (Å²) in [5.41, 5.74) is 0. The molecule has 4 nitrogen and oxygen atoms in total. The molecule has 10 heavy (non-hydrogen) atoms. The number of nitrogens with one attached hydrogen (secondary N) is 1. The maximum absolute atomic E-state index is 8.98. The Kier molecular flexibility index (Phi) is 4.39. The van der Waals surface area contributed by atoms with Gasteiger partial charge in [0.1, 0.15) is 0 Å². The highest BCUT2D eigenvalue weighted by atomic mass is 79.9. The van der Waals surface area contributed by atoms with Crippen molar-refractivity contribution in [1.29, 1.82) is 0 Å². The first-order valence-electron chi connectivity index (χ1n) is 2.96. The predicted octanol–water partition coefficient (Wildman–Crippen LogP) is -1.75. The Bertz CT molecular complexity index is 103. The first-order chi connectivity index (χ1) is 4.25. The molecule has 0 unspecified atom stereocenters. The number of hydrogen-bond acceptors (Lipinski definition) is 4. The largest absolute Gasteiger partial charge is 0.395 e. The summed E-state index contributed by atoms with van der Waals surface area (Å²) in [5, 5.41) is 29.1. The molecular weight excluding hydrogens is 202 g/mol. The highest BCUT2D eigenvalue weighted by Gasteiger charge is 2.31.